The summed E-state index contributed by atoms with van der Waals surface area (Å²) in [7, 11) is 0. The van der Waals surface area contributed by atoms with E-state index in [1.807, 2.05) is 16.8 Å². The van der Waals surface area contributed by atoms with E-state index in [0.717, 1.165) is 37.2 Å². The number of nitrogens with zero attached hydrogens (tertiary/aromatic N) is 2. The first-order valence-electron chi connectivity index (χ1n) is 6.87. The van der Waals surface area contributed by atoms with E-state index in [2.05, 4.69) is 23.1 Å². The van der Waals surface area contributed by atoms with Crippen LogP contribution < -0.4 is 4.90 Å². The van der Waals surface area contributed by atoms with Gasteiger partial charge in [0.2, 0.25) is 0 Å². The van der Waals surface area contributed by atoms with E-state index in [1.165, 1.54) is 5.69 Å². The zero-order valence-corrected chi connectivity index (χ0v) is 11.3. The number of aromatic nitrogens is 1. The maximum Gasteiger partial charge on any atom is 0.305 e. The first kappa shape index (κ1) is 13.0. The normalized spacial score (nSPS) is 15.7. The summed E-state index contributed by atoms with van der Waals surface area (Å²) in [6.45, 7) is 3.90. The summed E-state index contributed by atoms with van der Waals surface area (Å²) in [5.41, 5.74) is 2.29. The molecule has 0 radical (unpaired) electrons. The van der Waals surface area contributed by atoms with Crippen molar-refractivity contribution in [3.05, 3.63) is 30.5 Å². The van der Waals surface area contributed by atoms with E-state index in [1.54, 1.807) is 0 Å². The monoisotopic (exact) mass is 274 g/mol. The summed E-state index contributed by atoms with van der Waals surface area (Å²) < 4.78 is 7.36. The Morgan fingerprint density at radius 1 is 1.25 bits per heavy atom. The molecule has 5 nitrogen and oxygen atoms in total. The molecular weight excluding hydrogens is 256 g/mol. The summed E-state index contributed by atoms with van der Waals surface area (Å²) in [5, 5.41) is 9.92. The van der Waals surface area contributed by atoms with Crippen LogP contribution in [-0.2, 0) is 16.1 Å². The Morgan fingerprint density at radius 2 is 2.05 bits per heavy atom. The summed E-state index contributed by atoms with van der Waals surface area (Å²) in [4.78, 5) is 13.0. The molecule has 2 heterocycles. The molecule has 1 aromatic heterocycles. The van der Waals surface area contributed by atoms with Crippen LogP contribution in [0.3, 0.4) is 0 Å². The zero-order valence-electron chi connectivity index (χ0n) is 11.3. The average Bonchev–Trinajstić information content (AvgIpc) is 2.88. The summed E-state index contributed by atoms with van der Waals surface area (Å²) in [6, 6.07) is 8.38. The molecule has 20 heavy (non-hydrogen) atoms. The first-order chi connectivity index (χ1) is 9.74. The van der Waals surface area contributed by atoms with Crippen molar-refractivity contribution < 1.29 is 14.6 Å². The number of ether oxygens (including phenoxy) is 1. The van der Waals surface area contributed by atoms with Gasteiger partial charge in [0.25, 0.3) is 0 Å². The number of carboxylic acid groups (broad SMARTS) is 1. The van der Waals surface area contributed by atoms with Gasteiger partial charge in [-0.15, -0.1) is 0 Å². The molecule has 0 amide bonds. The fraction of sp³-hybridized carbons (Fsp3) is 0.400. The molecule has 1 aromatic carbocycles. The maximum absolute atomic E-state index is 10.7. The Kier molecular flexibility index (Phi) is 3.60. The third-order valence-corrected chi connectivity index (χ3v) is 3.70. The SMILES string of the molecule is O=C(O)CCn1ccc2cc(N3CCOCC3)ccc21. The number of aryl methyl sites for hydroxylation is 1. The van der Waals surface area contributed by atoms with Crippen LogP contribution in [0.25, 0.3) is 10.9 Å². The lowest BCUT2D eigenvalue weighted by molar-refractivity contribution is -0.137. The molecule has 0 aliphatic carbocycles. The molecule has 2 aromatic rings. The van der Waals surface area contributed by atoms with Crippen molar-refractivity contribution in [2.45, 2.75) is 13.0 Å². The van der Waals surface area contributed by atoms with Crippen molar-refractivity contribution in [1.82, 2.24) is 4.57 Å². The molecule has 1 fully saturated rings. The van der Waals surface area contributed by atoms with Gasteiger partial charge in [0.15, 0.2) is 0 Å². The molecule has 3 rings (SSSR count). The second kappa shape index (κ2) is 5.54. The smallest absolute Gasteiger partial charge is 0.305 e. The highest BCUT2D eigenvalue weighted by Gasteiger charge is 2.12. The standard InChI is InChI=1S/C15H18N2O3/c18-15(19)4-6-17-5-3-12-11-13(1-2-14(12)17)16-7-9-20-10-8-16/h1-3,5,11H,4,6-10H2,(H,18,19). The Morgan fingerprint density at radius 3 is 2.80 bits per heavy atom. The molecule has 0 spiro atoms. The number of morpholine rings is 1. The lowest BCUT2D eigenvalue weighted by atomic mass is 10.2. The molecule has 1 aliphatic rings. The minimum Gasteiger partial charge on any atom is -0.481 e. The zero-order chi connectivity index (χ0) is 13.9. The number of rotatable bonds is 4. The minimum absolute atomic E-state index is 0.148. The van der Waals surface area contributed by atoms with Crippen LogP contribution in [0.5, 0.6) is 0 Å². The topological polar surface area (TPSA) is 54.7 Å². The Bertz CT molecular complexity index is 615. The van der Waals surface area contributed by atoms with Gasteiger partial charge in [-0.05, 0) is 24.3 Å². The molecule has 106 valence electrons. The Balaban J connectivity index is 1.83. The Hall–Kier alpha value is -2.01. The summed E-state index contributed by atoms with van der Waals surface area (Å²) >= 11 is 0. The van der Waals surface area contributed by atoms with Gasteiger partial charge in [-0.25, -0.2) is 0 Å². The number of aliphatic carboxylic acids is 1. The van der Waals surface area contributed by atoms with E-state index in [0.29, 0.717) is 6.54 Å². The minimum atomic E-state index is -0.767. The van der Waals surface area contributed by atoms with Gasteiger partial charge in [0.05, 0.1) is 19.6 Å². The fourth-order valence-electron chi connectivity index (χ4n) is 2.62. The van der Waals surface area contributed by atoms with Gasteiger partial charge in [-0.1, -0.05) is 0 Å². The molecule has 1 saturated heterocycles. The van der Waals surface area contributed by atoms with Crippen LogP contribution in [0.15, 0.2) is 30.5 Å². The maximum atomic E-state index is 10.7. The number of carbonyl (C=O) groups is 1. The van der Waals surface area contributed by atoms with E-state index in [9.17, 15) is 4.79 Å². The lowest BCUT2D eigenvalue weighted by Gasteiger charge is -2.28. The molecule has 0 atom stereocenters. The summed E-state index contributed by atoms with van der Waals surface area (Å²) in [6.07, 6.45) is 2.10. The lowest BCUT2D eigenvalue weighted by Crippen LogP contribution is -2.36. The third kappa shape index (κ3) is 2.63. The number of carboxylic acids is 1. The van der Waals surface area contributed by atoms with Crippen molar-refractivity contribution in [3.63, 3.8) is 0 Å². The van der Waals surface area contributed by atoms with Gasteiger partial charge in [-0.3, -0.25) is 4.79 Å². The number of benzene rings is 1. The second-order valence-corrected chi connectivity index (χ2v) is 5.00. The fourth-order valence-corrected chi connectivity index (χ4v) is 2.62. The highest BCUT2D eigenvalue weighted by molar-refractivity contribution is 5.84. The first-order valence-corrected chi connectivity index (χ1v) is 6.87. The number of hydrogen-bond acceptors (Lipinski definition) is 3. The quantitative estimate of drug-likeness (QED) is 0.926. The van der Waals surface area contributed by atoms with Gasteiger partial charge in [-0.2, -0.15) is 0 Å². The molecule has 0 unspecified atom stereocenters. The largest absolute Gasteiger partial charge is 0.481 e. The number of fused-ring (bicyclic) bond motifs is 1. The van der Waals surface area contributed by atoms with Crippen molar-refractivity contribution in [1.29, 1.82) is 0 Å². The van der Waals surface area contributed by atoms with Crippen LogP contribution in [0.1, 0.15) is 6.42 Å². The van der Waals surface area contributed by atoms with Crippen LogP contribution in [0.2, 0.25) is 0 Å². The van der Waals surface area contributed by atoms with Crippen molar-refractivity contribution in [2.75, 3.05) is 31.2 Å². The van der Waals surface area contributed by atoms with E-state index in [4.69, 9.17) is 9.84 Å². The van der Waals surface area contributed by atoms with E-state index in [-0.39, 0.29) is 6.42 Å². The van der Waals surface area contributed by atoms with Crippen LogP contribution >= 0.6 is 0 Å². The van der Waals surface area contributed by atoms with Crippen LogP contribution in [-0.4, -0.2) is 41.9 Å². The van der Waals surface area contributed by atoms with Gasteiger partial charge >= 0.3 is 5.97 Å². The predicted molar refractivity (Wildman–Crippen MR) is 77.2 cm³/mol. The third-order valence-electron chi connectivity index (χ3n) is 3.70. The molecule has 1 N–H and O–H groups in total. The molecule has 5 heteroatoms. The van der Waals surface area contributed by atoms with Crippen molar-refractivity contribution in [2.24, 2.45) is 0 Å². The van der Waals surface area contributed by atoms with Gasteiger partial charge in [0, 0.05) is 42.4 Å². The van der Waals surface area contributed by atoms with E-state index >= 15 is 0 Å². The highest BCUT2D eigenvalue weighted by Crippen LogP contribution is 2.24. The summed E-state index contributed by atoms with van der Waals surface area (Å²) in [5.74, 6) is -0.767. The number of hydrogen-bond donors (Lipinski definition) is 1. The van der Waals surface area contributed by atoms with Crippen molar-refractivity contribution in [3.8, 4) is 0 Å². The Labute approximate surface area is 117 Å². The van der Waals surface area contributed by atoms with Crippen molar-refractivity contribution >= 4 is 22.6 Å². The molecule has 1 aliphatic heterocycles. The molecular formula is C15H18N2O3. The second-order valence-electron chi connectivity index (χ2n) is 5.00. The predicted octanol–water partition coefficient (Wildman–Crippen LogP) is 1.95. The molecule has 0 bridgehead atoms. The van der Waals surface area contributed by atoms with Crippen LogP contribution in [0, 0.1) is 0 Å². The van der Waals surface area contributed by atoms with Gasteiger partial charge < -0.3 is 19.3 Å². The highest BCUT2D eigenvalue weighted by atomic mass is 16.5. The van der Waals surface area contributed by atoms with Gasteiger partial charge in [0.1, 0.15) is 0 Å². The van der Waals surface area contributed by atoms with E-state index < -0.39 is 5.97 Å². The molecule has 0 saturated carbocycles. The number of anilines is 1. The van der Waals surface area contributed by atoms with Crippen LogP contribution in [0.4, 0.5) is 5.69 Å². The average molecular weight is 274 g/mol.